The van der Waals surface area contributed by atoms with Gasteiger partial charge in [-0.25, -0.2) is 0 Å². The zero-order valence-electron chi connectivity index (χ0n) is 16.0. The molecule has 2 aromatic rings. The van der Waals surface area contributed by atoms with Gasteiger partial charge in [-0.15, -0.1) is 0 Å². The number of aliphatic hydroxyl groups is 1. The summed E-state index contributed by atoms with van der Waals surface area (Å²) >= 11 is 0. The normalized spacial score (nSPS) is 10.5. The predicted molar refractivity (Wildman–Crippen MR) is 106 cm³/mol. The average Bonchev–Trinajstić information content (AvgIpc) is 2.68. The van der Waals surface area contributed by atoms with Gasteiger partial charge in [0.05, 0.1) is 7.11 Å². The molecule has 146 valence electrons. The zero-order chi connectivity index (χ0) is 19.5. The number of benzene rings is 2. The minimum Gasteiger partial charge on any atom is -0.493 e. The van der Waals surface area contributed by atoms with E-state index >= 15 is 0 Å². The van der Waals surface area contributed by atoms with Crippen LogP contribution < -0.4 is 20.1 Å². The van der Waals surface area contributed by atoms with Crippen molar-refractivity contribution < 1.29 is 19.4 Å². The van der Waals surface area contributed by atoms with Gasteiger partial charge in [-0.1, -0.05) is 29.8 Å². The highest BCUT2D eigenvalue weighted by Crippen LogP contribution is 2.31. The van der Waals surface area contributed by atoms with Crippen LogP contribution in [0.3, 0.4) is 0 Å². The van der Waals surface area contributed by atoms with Gasteiger partial charge in [0.1, 0.15) is 0 Å². The number of rotatable bonds is 11. The molecule has 0 spiro atoms. The van der Waals surface area contributed by atoms with Gasteiger partial charge in [-0.05, 0) is 44.5 Å². The SMILES string of the molecule is COc1cccc(CNCCCCO)c1OCC(=O)Nc1ccc(C)cc1. The molecule has 1 amide bonds. The first-order valence-electron chi connectivity index (χ1n) is 9.11. The molecule has 0 unspecified atom stereocenters. The van der Waals surface area contributed by atoms with Gasteiger partial charge in [0.25, 0.3) is 5.91 Å². The van der Waals surface area contributed by atoms with E-state index in [1.165, 1.54) is 0 Å². The van der Waals surface area contributed by atoms with Gasteiger partial charge >= 0.3 is 0 Å². The fourth-order valence-electron chi connectivity index (χ4n) is 2.58. The topological polar surface area (TPSA) is 79.8 Å². The van der Waals surface area contributed by atoms with Gasteiger partial charge in [-0.2, -0.15) is 0 Å². The van der Waals surface area contributed by atoms with Gasteiger partial charge in [0.2, 0.25) is 0 Å². The summed E-state index contributed by atoms with van der Waals surface area (Å²) in [5, 5.41) is 15.0. The third-order valence-electron chi connectivity index (χ3n) is 4.04. The van der Waals surface area contributed by atoms with Crippen molar-refractivity contribution in [2.24, 2.45) is 0 Å². The van der Waals surface area contributed by atoms with Crippen molar-refractivity contribution in [3.63, 3.8) is 0 Å². The minimum absolute atomic E-state index is 0.105. The Morgan fingerprint density at radius 1 is 1.11 bits per heavy atom. The van der Waals surface area contributed by atoms with E-state index in [1.54, 1.807) is 7.11 Å². The summed E-state index contributed by atoms with van der Waals surface area (Å²) in [6.07, 6.45) is 1.67. The molecule has 0 atom stereocenters. The first kappa shape index (κ1) is 20.7. The highest BCUT2D eigenvalue weighted by molar-refractivity contribution is 5.91. The highest BCUT2D eigenvalue weighted by Gasteiger charge is 2.12. The second-order valence-corrected chi connectivity index (χ2v) is 6.26. The third kappa shape index (κ3) is 6.92. The Balaban J connectivity index is 1.94. The molecule has 3 N–H and O–H groups in total. The van der Waals surface area contributed by atoms with Crippen molar-refractivity contribution in [3.05, 3.63) is 53.6 Å². The van der Waals surface area contributed by atoms with Crippen molar-refractivity contribution in [2.75, 3.05) is 32.2 Å². The van der Waals surface area contributed by atoms with Crippen LogP contribution in [0.15, 0.2) is 42.5 Å². The molecule has 0 aliphatic heterocycles. The van der Waals surface area contributed by atoms with E-state index in [-0.39, 0.29) is 19.1 Å². The number of carbonyl (C=O) groups is 1. The maximum atomic E-state index is 12.2. The number of carbonyl (C=O) groups excluding carboxylic acids is 1. The van der Waals surface area contributed by atoms with Crippen LogP contribution in [0.4, 0.5) is 5.69 Å². The number of nitrogens with one attached hydrogen (secondary N) is 2. The second kappa shape index (κ2) is 11.2. The fraction of sp³-hybridized carbons (Fsp3) is 0.381. The molecule has 0 aromatic heterocycles. The van der Waals surface area contributed by atoms with Gasteiger partial charge < -0.3 is 25.2 Å². The number of hydrogen-bond donors (Lipinski definition) is 3. The molecule has 0 saturated heterocycles. The Bertz CT molecular complexity index is 717. The number of aryl methyl sites for hydroxylation is 1. The van der Waals surface area contributed by atoms with Crippen LogP contribution in [-0.4, -0.2) is 37.9 Å². The van der Waals surface area contributed by atoms with E-state index in [2.05, 4.69) is 10.6 Å². The number of hydrogen-bond acceptors (Lipinski definition) is 5. The van der Waals surface area contributed by atoms with Crippen LogP contribution in [0.25, 0.3) is 0 Å². The number of para-hydroxylation sites is 1. The predicted octanol–water partition coefficient (Wildman–Crippen LogP) is 2.88. The van der Waals surface area contributed by atoms with Crippen molar-refractivity contribution in [1.29, 1.82) is 0 Å². The monoisotopic (exact) mass is 372 g/mol. The number of ether oxygens (including phenoxy) is 2. The first-order valence-corrected chi connectivity index (χ1v) is 9.11. The second-order valence-electron chi connectivity index (χ2n) is 6.26. The summed E-state index contributed by atoms with van der Waals surface area (Å²) < 4.78 is 11.2. The van der Waals surface area contributed by atoms with E-state index in [1.807, 2.05) is 49.4 Å². The lowest BCUT2D eigenvalue weighted by molar-refractivity contribution is -0.118. The lowest BCUT2D eigenvalue weighted by Gasteiger charge is -2.15. The molecule has 6 heteroatoms. The summed E-state index contributed by atoms with van der Waals surface area (Å²) in [6.45, 7) is 3.48. The van der Waals surface area contributed by atoms with E-state index in [9.17, 15) is 4.79 Å². The molecule has 2 rings (SSSR count). The molecule has 0 heterocycles. The molecular formula is C21H28N2O4. The summed E-state index contributed by atoms with van der Waals surface area (Å²) in [5.41, 5.74) is 2.79. The van der Waals surface area contributed by atoms with E-state index in [0.29, 0.717) is 18.0 Å². The van der Waals surface area contributed by atoms with Crippen LogP contribution in [0, 0.1) is 6.92 Å². The fourth-order valence-corrected chi connectivity index (χ4v) is 2.58. The molecule has 2 aromatic carbocycles. The average molecular weight is 372 g/mol. The lowest BCUT2D eigenvalue weighted by Crippen LogP contribution is -2.21. The maximum Gasteiger partial charge on any atom is 0.262 e. The third-order valence-corrected chi connectivity index (χ3v) is 4.04. The minimum atomic E-state index is -0.230. The van der Waals surface area contributed by atoms with Gasteiger partial charge in [0.15, 0.2) is 18.1 Å². The Kier molecular flexibility index (Phi) is 8.61. The van der Waals surface area contributed by atoms with Gasteiger partial charge in [0, 0.05) is 24.4 Å². The van der Waals surface area contributed by atoms with Crippen LogP contribution in [0.1, 0.15) is 24.0 Å². The number of aliphatic hydroxyl groups excluding tert-OH is 1. The Morgan fingerprint density at radius 3 is 2.59 bits per heavy atom. The van der Waals surface area contributed by atoms with E-state index in [0.717, 1.165) is 36.2 Å². The standard InChI is InChI=1S/C21H28N2O4/c1-16-8-10-18(11-9-16)23-20(25)15-27-21-17(6-5-7-19(21)26-2)14-22-12-3-4-13-24/h5-11,22,24H,3-4,12-15H2,1-2H3,(H,23,25). The Hall–Kier alpha value is -2.57. The molecular weight excluding hydrogens is 344 g/mol. The van der Waals surface area contributed by atoms with Crippen LogP contribution >= 0.6 is 0 Å². The number of anilines is 1. The zero-order valence-corrected chi connectivity index (χ0v) is 16.0. The van der Waals surface area contributed by atoms with Crippen LogP contribution in [-0.2, 0) is 11.3 Å². The quantitative estimate of drug-likeness (QED) is 0.529. The highest BCUT2D eigenvalue weighted by atomic mass is 16.5. The number of methoxy groups -OCH3 is 1. The maximum absolute atomic E-state index is 12.2. The van der Waals surface area contributed by atoms with Crippen LogP contribution in [0.5, 0.6) is 11.5 Å². The first-order chi connectivity index (χ1) is 13.1. The number of unbranched alkanes of at least 4 members (excludes halogenated alkanes) is 1. The Morgan fingerprint density at radius 2 is 1.89 bits per heavy atom. The van der Waals surface area contributed by atoms with Crippen molar-refractivity contribution in [1.82, 2.24) is 5.32 Å². The van der Waals surface area contributed by atoms with Crippen LogP contribution in [0.2, 0.25) is 0 Å². The molecule has 0 radical (unpaired) electrons. The summed E-state index contributed by atoms with van der Waals surface area (Å²) in [4.78, 5) is 12.2. The van der Waals surface area contributed by atoms with Gasteiger partial charge in [-0.3, -0.25) is 4.79 Å². The smallest absolute Gasteiger partial charge is 0.262 e. The van der Waals surface area contributed by atoms with Crippen molar-refractivity contribution >= 4 is 11.6 Å². The molecule has 6 nitrogen and oxygen atoms in total. The largest absolute Gasteiger partial charge is 0.493 e. The molecule has 27 heavy (non-hydrogen) atoms. The molecule has 0 bridgehead atoms. The van der Waals surface area contributed by atoms with Crippen molar-refractivity contribution in [3.8, 4) is 11.5 Å². The lowest BCUT2D eigenvalue weighted by atomic mass is 10.1. The van der Waals surface area contributed by atoms with E-state index < -0.39 is 0 Å². The van der Waals surface area contributed by atoms with E-state index in [4.69, 9.17) is 14.6 Å². The molecule has 0 fully saturated rings. The molecule has 0 aliphatic rings. The Labute approximate surface area is 160 Å². The molecule has 0 aliphatic carbocycles. The summed E-state index contributed by atoms with van der Waals surface area (Å²) in [7, 11) is 1.58. The molecule has 0 saturated carbocycles. The van der Waals surface area contributed by atoms with Crippen molar-refractivity contribution in [2.45, 2.75) is 26.3 Å². The summed E-state index contributed by atoms with van der Waals surface area (Å²) in [6, 6.07) is 13.2. The summed E-state index contributed by atoms with van der Waals surface area (Å²) in [5.74, 6) is 0.924. The number of amides is 1.